The van der Waals surface area contributed by atoms with Gasteiger partial charge in [0.1, 0.15) is 0 Å². The van der Waals surface area contributed by atoms with Crippen LogP contribution in [-0.2, 0) is 6.54 Å². The molecule has 120 valence electrons. The van der Waals surface area contributed by atoms with Gasteiger partial charge in [0.15, 0.2) is 0 Å². The Hall–Kier alpha value is -0.940. The first kappa shape index (κ1) is 15.9. The lowest BCUT2D eigenvalue weighted by molar-refractivity contribution is -0.0818. The minimum Gasteiger partial charge on any atom is -0.396 e. The van der Waals surface area contributed by atoms with Gasteiger partial charge in [-0.3, -0.25) is 4.90 Å². The van der Waals surface area contributed by atoms with Gasteiger partial charge >= 0.3 is 0 Å². The number of aliphatic hydroxyl groups excluding tert-OH is 2. The summed E-state index contributed by atoms with van der Waals surface area (Å²) in [4.78, 5) is 2.40. The van der Waals surface area contributed by atoms with E-state index in [1.807, 2.05) is 0 Å². The van der Waals surface area contributed by atoms with Gasteiger partial charge in [0, 0.05) is 29.7 Å². The Kier molecular flexibility index (Phi) is 4.83. The molecule has 1 aromatic heterocycles. The number of piperidine rings is 1. The number of thiophene rings is 1. The lowest BCUT2D eigenvalue weighted by Gasteiger charge is -2.45. The number of fused-ring (bicyclic) bond motifs is 1. The molecule has 0 bridgehead atoms. The van der Waals surface area contributed by atoms with Crippen molar-refractivity contribution in [3.05, 3.63) is 35.2 Å². The van der Waals surface area contributed by atoms with Crippen molar-refractivity contribution in [1.82, 2.24) is 4.90 Å². The minimum absolute atomic E-state index is 0.0723. The van der Waals surface area contributed by atoms with Crippen LogP contribution in [0.1, 0.15) is 31.7 Å². The van der Waals surface area contributed by atoms with Crippen molar-refractivity contribution < 1.29 is 10.2 Å². The van der Waals surface area contributed by atoms with E-state index in [1.54, 1.807) is 11.3 Å². The van der Waals surface area contributed by atoms with Gasteiger partial charge in [0.05, 0.1) is 12.7 Å². The molecule has 0 saturated carbocycles. The summed E-state index contributed by atoms with van der Waals surface area (Å²) in [6, 6.07) is 8.52. The highest BCUT2D eigenvalue weighted by molar-refractivity contribution is 7.17. The monoisotopic (exact) mass is 319 g/mol. The third kappa shape index (κ3) is 2.93. The van der Waals surface area contributed by atoms with Crippen LogP contribution in [0.4, 0.5) is 0 Å². The molecule has 2 aromatic rings. The van der Waals surface area contributed by atoms with Crippen LogP contribution in [0.2, 0.25) is 0 Å². The number of benzene rings is 1. The van der Waals surface area contributed by atoms with E-state index < -0.39 is 0 Å². The first-order valence-electron chi connectivity index (χ1n) is 8.15. The highest BCUT2D eigenvalue weighted by atomic mass is 32.1. The van der Waals surface area contributed by atoms with E-state index in [1.165, 1.54) is 15.6 Å². The summed E-state index contributed by atoms with van der Waals surface area (Å²) in [6.07, 6.45) is 2.24. The number of hydrogen-bond acceptors (Lipinski definition) is 4. The molecule has 1 fully saturated rings. The van der Waals surface area contributed by atoms with Gasteiger partial charge in [-0.25, -0.2) is 0 Å². The molecule has 0 unspecified atom stereocenters. The van der Waals surface area contributed by atoms with Crippen molar-refractivity contribution in [2.75, 3.05) is 19.7 Å². The van der Waals surface area contributed by atoms with E-state index >= 15 is 0 Å². The summed E-state index contributed by atoms with van der Waals surface area (Å²) in [7, 11) is 0. The lowest BCUT2D eigenvalue weighted by atomic mass is 9.74. The number of aliphatic hydroxyl groups is 2. The van der Waals surface area contributed by atoms with Crippen LogP contribution >= 0.6 is 11.3 Å². The summed E-state index contributed by atoms with van der Waals surface area (Å²) in [5, 5.41) is 23.8. The maximum Gasteiger partial charge on any atom is 0.0642 e. The molecule has 0 radical (unpaired) electrons. The zero-order valence-corrected chi connectivity index (χ0v) is 14.0. The SMILES string of the molecule is CCC[C@@]1(CO)CN(Cc2csc3ccccc23)CC[C@H]1O. The van der Waals surface area contributed by atoms with Gasteiger partial charge < -0.3 is 10.2 Å². The molecule has 0 aliphatic carbocycles. The second kappa shape index (κ2) is 6.67. The fraction of sp³-hybridized carbons (Fsp3) is 0.556. The molecule has 1 aliphatic rings. The van der Waals surface area contributed by atoms with Gasteiger partial charge in [-0.2, -0.15) is 0 Å². The zero-order chi connectivity index (χ0) is 15.6. The van der Waals surface area contributed by atoms with Gasteiger partial charge in [-0.15, -0.1) is 11.3 Å². The maximum atomic E-state index is 10.4. The predicted octanol–water partition coefficient (Wildman–Crippen LogP) is 3.25. The topological polar surface area (TPSA) is 43.7 Å². The zero-order valence-electron chi connectivity index (χ0n) is 13.2. The van der Waals surface area contributed by atoms with Crippen molar-refractivity contribution >= 4 is 21.4 Å². The fourth-order valence-electron chi connectivity index (χ4n) is 3.75. The maximum absolute atomic E-state index is 10.4. The van der Waals surface area contributed by atoms with Crippen LogP contribution in [0.15, 0.2) is 29.6 Å². The van der Waals surface area contributed by atoms with E-state index in [0.29, 0.717) is 0 Å². The van der Waals surface area contributed by atoms with E-state index in [4.69, 9.17) is 0 Å². The Balaban J connectivity index is 1.78. The second-order valence-corrected chi connectivity index (χ2v) is 7.45. The number of rotatable bonds is 5. The highest BCUT2D eigenvalue weighted by Crippen LogP contribution is 2.36. The summed E-state index contributed by atoms with van der Waals surface area (Å²) in [5.41, 5.74) is 1.01. The van der Waals surface area contributed by atoms with Gasteiger partial charge in [-0.1, -0.05) is 31.5 Å². The van der Waals surface area contributed by atoms with Crippen LogP contribution in [0, 0.1) is 5.41 Å². The Morgan fingerprint density at radius 1 is 1.36 bits per heavy atom. The van der Waals surface area contributed by atoms with Crippen molar-refractivity contribution in [1.29, 1.82) is 0 Å². The van der Waals surface area contributed by atoms with Gasteiger partial charge in [0.2, 0.25) is 0 Å². The van der Waals surface area contributed by atoms with E-state index in [9.17, 15) is 10.2 Å². The highest BCUT2D eigenvalue weighted by Gasteiger charge is 2.41. The van der Waals surface area contributed by atoms with Crippen LogP contribution in [0.5, 0.6) is 0 Å². The molecule has 2 atom stereocenters. The Bertz CT molecular complexity index is 626. The van der Waals surface area contributed by atoms with E-state index in [2.05, 4.69) is 41.5 Å². The smallest absolute Gasteiger partial charge is 0.0642 e. The third-order valence-electron chi connectivity index (χ3n) is 4.98. The summed E-state index contributed by atoms with van der Waals surface area (Å²) >= 11 is 1.79. The Labute approximate surface area is 136 Å². The normalized spacial score (nSPS) is 26.6. The average molecular weight is 319 g/mol. The number of nitrogens with zero attached hydrogens (tertiary/aromatic N) is 1. The molecule has 4 heteroatoms. The van der Waals surface area contributed by atoms with E-state index in [-0.39, 0.29) is 18.1 Å². The van der Waals surface area contributed by atoms with Crippen molar-refractivity contribution in [3.8, 4) is 0 Å². The van der Waals surface area contributed by atoms with Crippen LogP contribution < -0.4 is 0 Å². The largest absolute Gasteiger partial charge is 0.396 e. The molecule has 3 rings (SSSR count). The first-order chi connectivity index (χ1) is 10.7. The van der Waals surface area contributed by atoms with Crippen molar-refractivity contribution in [2.24, 2.45) is 5.41 Å². The molecule has 0 amide bonds. The number of likely N-dealkylation sites (tertiary alicyclic amines) is 1. The molecular formula is C18H25NO2S. The number of hydrogen-bond donors (Lipinski definition) is 2. The molecule has 2 N–H and O–H groups in total. The quantitative estimate of drug-likeness (QED) is 0.889. The van der Waals surface area contributed by atoms with Crippen LogP contribution in [-0.4, -0.2) is 40.9 Å². The van der Waals surface area contributed by atoms with Crippen molar-refractivity contribution in [2.45, 2.75) is 38.8 Å². The second-order valence-electron chi connectivity index (χ2n) is 6.54. The summed E-state index contributed by atoms with van der Waals surface area (Å²) < 4.78 is 1.33. The summed E-state index contributed by atoms with van der Waals surface area (Å²) in [6.45, 7) is 4.78. The molecular weight excluding hydrogens is 294 g/mol. The average Bonchev–Trinajstić information content (AvgIpc) is 2.94. The Morgan fingerprint density at radius 3 is 2.95 bits per heavy atom. The lowest BCUT2D eigenvalue weighted by Crippen LogP contribution is -2.53. The Morgan fingerprint density at radius 2 is 2.18 bits per heavy atom. The predicted molar refractivity (Wildman–Crippen MR) is 92.2 cm³/mol. The molecule has 0 spiro atoms. The molecule has 1 aromatic carbocycles. The van der Waals surface area contributed by atoms with Crippen LogP contribution in [0.25, 0.3) is 10.1 Å². The molecule has 1 aliphatic heterocycles. The van der Waals surface area contributed by atoms with E-state index in [0.717, 1.165) is 38.9 Å². The fourth-order valence-corrected chi connectivity index (χ4v) is 4.70. The molecule has 3 nitrogen and oxygen atoms in total. The van der Waals surface area contributed by atoms with Crippen LogP contribution in [0.3, 0.4) is 0 Å². The van der Waals surface area contributed by atoms with Gasteiger partial charge in [-0.05, 0) is 35.2 Å². The van der Waals surface area contributed by atoms with Crippen molar-refractivity contribution in [3.63, 3.8) is 0 Å². The minimum atomic E-state index is -0.382. The molecule has 2 heterocycles. The summed E-state index contributed by atoms with van der Waals surface area (Å²) in [5.74, 6) is 0. The molecule has 1 saturated heterocycles. The molecule has 22 heavy (non-hydrogen) atoms. The first-order valence-corrected chi connectivity index (χ1v) is 9.03. The third-order valence-corrected chi connectivity index (χ3v) is 5.99. The van der Waals surface area contributed by atoms with Gasteiger partial charge in [0.25, 0.3) is 0 Å². The standard InChI is InChI=1S/C18H25NO2S/c1-2-8-18(13-20)12-19(9-7-17(18)21)10-14-11-22-16-6-4-3-5-15(14)16/h3-6,11,17,20-21H,2,7-10,12-13H2,1H3/t17-,18+/m1/s1.